The molecule has 0 aliphatic carbocycles. The normalized spacial score (nSPS) is 19.6. The average molecular weight is 277 g/mol. The molecular weight excluding hydrogens is 260 g/mol. The lowest BCUT2D eigenvalue weighted by Crippen LogP contribution is -2.37. The van der Waals surface area contributed by atoms with Crippen LogP contribution in [0.5, 0.6) is 0 Å². The van der Waals surface area contributed by atoms with Crippen LogP contribution in [0.15, 0.2) is 17.2 Å². The number of halogens is 1. The molecule has 1 aliphatic heterocycles. The van der Waals surface area contributed by atoms with Crippen molar-refractivity contribution in [1.82, 2.24) is 9.29 Å². The molecule has 0 aromatic carbocycles. The summed E-state index contributed by atoms with van der Waals surface area (Å²) >= 11 is 5.66. The van der Waals surface area contributed by atoms with Gasteiger partial charge in [-0.25, -0.2) is 8.42 Å². The van der Waals surface area contributed by atoms with Crippen LogP contribution in [0.3, 0.4) is 0 Å². The molecule has 0 spiro atoms. The molecule has 4 nitrogen and oxygen atoms in total. The maximum Gasteiger partial charge on any atom is 0.244 e. The molecule has 1 N–H and O–H groups in total. The number of nitrogens with one attached hydrogen (secondary N) is 1. The summed E-state index contributed by atoms with van der Waals surface area (Å²) in [6.07, 6.45) is 3.39. The molecule has 0 unspecified atom stereocenters. The quantitative estimate of drug-likeness (QED) is 0.861. The van der Waals surface area contributed by atoms with Gasteiger partial charge in [0.2, 0.25) is 10.0 Å². The van der Waals surface area contributed by atoms with E-state index in [0.29, 0.717) is 29.8 Å². The van der Waals surface area contributed by atoms with E-state index >= 15 is 0 Å². The van der Waals surface area contributed by atoms with Crippen LogP contribution < -0.4 is 0 Å². The minimum absolute atomic E-state index is 0.298. The molecule has 2 heterocycles. The Hall–Kier alpha value is -0.520. The summed E-state index contributed by atoms with van der Waals surface area (Å²) in [4.78, 5) is 3.19. The molecule has 2 rings (SSSR count). The molecule has 1 saturated heterocycles. The van der Waals surface area contributed by atoms with Gasteiger partial charge in [0.25, 0.3) is 0 Å². The standard InChI is InChI=1S/C11H17ClN2O2S/c1-9-2-4-14(5-3-9)17(15,16)11-6-10(7-12)13-8-11/h6,8-9,13H,2-5,7H2,1H3. The molecule has 1 fully saturated rings. The van der Waals surface area contributed by atoms with Gasteiger partial charge in [-0.2, -0.15) is 4.31 Å². The number of hydrogen-bond donors (Lipinski definition) is 1. The second kappa shape index (κ2) is 5.00. The smallest absolute Gasteiger partial charge is 0.244 e. The van der Waals surface area contributed by atoms with Crippen molar-refractivity contribution in [1.29, 1.82) is 0 Å². The Kier molecular flexibility index (Phi) is 3.80. The highest BCUT2D eigenvalue weighted by atomic mass is 35.5. The minimum Gasteiger partial charge on any atom is -0.363 e. The van der Waals surface area contributed by atoms with Crippen LogP contribution >= 0.6 is 11.6 Å². The van der Waals surface area contributed by atoms with E-state index in [1.165, 1.54) is 6.20 Å². The van der Waals surface area contributed by atoms with Crippen molar-refractivity contribution in [3.05, 3.63) is 18.0 Å². The van der Waals surface area contributed by atoms with E-state index in [-0.39, 0.29) is 0 Å². The molecule has 0 radical (unpaired) electrons. The average Bonchev–Trinajstić information content (AvgIpc) is 2.78. The fourth-order valence-electron chi connectivity index (χ4n) is 2.02. The van der Waals surface area contributed by atoms with Crippen molar-refractivity contribution < 1.29 is 8.42 Å². The largest absolute Gasteiger partial charge is 0.363 e. The molecule has 1 aromatic rings. The van der Waals surface area contributed by atoms with Crippen LogP contribution in [0.2, 0.25) is 0 Å². The van der Waals surface area contributed by atoms with Gasteiger partial charge in [-0.1, -0.05) is 6.92 Å². The molecule has 0 bridgehead atoms. The zero-order valence-electron chi connectivity index (χ0n) is 9.82. The molecule has 1 aliphatic rings. The first-order chi connectivity index (χ1) is 8.04. The Morgan fingerprint density at radius 3 is 2.65 bits per heavy atom. The molecular formula is C11H17ClN2O2S. The van der Waals surface area contributed by atoms with Crippen LogP contribution in [0, 0.1) is 5.92 Å². The van der Waals surface area contributed by atoms with Crippen molar-refractivity contribution in [3.8, 4) is 0 Å². The zero-order valence-corrected chi connectivity index (χ0v) is 11.4. The third-order valence-electron chi connectivity index (χ3n) is 3.24. The molecule has 6 heteroatoms. The van der Waals surface area contributed by atoms with Crippen LogP contribution in [-0.2, 0) is 15.9 Å². The zero-order chi connectivity index (χ0) is 12.5. The molecule has 0 atom stereocenters. The highest BCUT2D eigenvalue weighted by Crippen LogP contribution is 2.23. The molecule has 0 saturated carbocycles. The van der Waals surface area contributed by atoms with E-state index in [1.807, 2.05) is 0 Å². The number of hydrogen-bond acceptors (Lipinski definition) is 2. The maximum absolute atomic E-state index is 12.3. The second-order valence-electron chi connectivity index (χ2n) is 4.58. The lowest BCUT2D eigenvalue weighted by atomic mass is 10.0. The van der Waals surface area contributed by atoms with Gasteiger partial charge in [0.05, 0.1) is 10.8 Å². The fraction of sp³-hybridized carbons (Fsp3) is 0.636. The summed E-state index contributed by atoms with van der Waals surface area (Å²) in [5.41, 5.74) is 0.732. The number of piperidine rings is 1. The van der Waals surface area contributed by atoms with E-state index in [4.69, 9.17) is 11.6 Å². The van der Waals surface area contributed by atoms with Gasteiger partial charge < -0.3 is 4.98 Å². The topological polar surface area (TPSA) is 53.2 Å². The maximum atomic E-state index is 12.3. The molecule has 1 aromatic heterocycles. The third-order valence-corrected chi connectivity index (χ3v) is 5.40. The summed E-state index contributed by atoms with van der Waals surface area (Å²) < 4.78 is 26.1. The summed E-state index contributed by atoms with van der Waals surface area (Å²) in [5.74, 6) is 0.915. The van der Waals surface area contributed by atoms with Crippen molar-refractivity contribution in [2.24, 2.45) is 5.92 Å². The summed E-state index contributed by atoms with van der Waals surface area (Å²) in [6.45, 7) is 3.39. The number of aromatic amines is 1. The number of aromatic nitrogens is 1. The Morgan fingerprint density at radius 2 is 2.12 bits per heavy atom. The van der Waals surface area contributed by atoms with Gasteiger partial charge in [0, 0.05) is 25.0 Å². The first-order valence-corrected chi connectivity index (χ1v) is 7.75. The number of nitrogens with zero attached hydrogens (tertiary/aromatic N) is 1. The van der Waals surface area contributed by atoms with Crippen molar-refractivity contribution in [2.45, 2.75) is 30.5 Å². The van der Waals surface area contributed by atoms with E-state index in [9.17, 15) is 8.42 Å². The van der Waals surface area contributed by atoms with Gasteiger partial charge in [0.1, 0.15) is 0 Å². The molecule has 17 heavy (non-hydrogen) atoms. The van der Waals surface area contributed by atoms with Crippen LogP contribution in [-0.4, -0.2) is 30.8 Å². The summed E-state index contributed by atoms with van der Waals surface area (Å²) in [6, 6.07) is 1.61. The van der Waals surface area contributed by atoms with Crippen LogP contribution in [0.25, 0.3) is 0 Å². The van der Waals surface area contributed by atoms with Crippen molar-refractivity contribution in [3.63, 3.8) is 0 Å². The Bertz CT molecular complexity index is 475. The van der Waals surface area contributed by atoms with Gasteiger partial charge in [-0.15, -0.1) is 11.6 Å². The van der Waals surface area contributed by atoms with Gasteiger partial charge in [-0.05, 0) is 24.8 Å². The monoisotopic (exact) mass is 276 g/mol. The number of sulfonamides is 1. The lowest BCUT2D eigenvalue weighted by Gasteiger charge is -2.28. The van der Waals surface area contributed by atoms with Crippen LogP contribution in [0.4, 0.5) is 0 Å². The van der Waals surface area contributed by atoms with E-state index in [1.54, 1.807) is 10.4 Å². The highest BCUT2D eigenvalue weighted by Gasteiger charge is 2.28. The number of rotatable bonds is 3. The number of alkyl halides is 1. The second-order valence-corrected chi connectivity index (χ2v) is 6.79. The summed E-state index contributed by atoms with van der Waals surface area (Å²) in [7, 11) is -3.33. The predicted molar refractivity (Wildman–Crippen MR) is 67.5 cm³/mol. The first kappa shape index (κ1) is 12.9. The van der Waals surface area contributed by atoms with Crippen molar-refractivity contribution in [2.75, 3.05) is 13.1 Å². The minimum atomic E-state index is -3.33. The van der Waals surface area contributed by atoms with Crippen molar-refractivity contribution >= 4 is 21.6 Å². The first-order valence-electron chi connectivity index (χ1n) is 5.77. The van der Waals surface area contributed by atoms with Gasteiger partial charge >= 0.3 is 0 Å². The van der Waals surface area contributed by atoms with E-state index in [0.717, 1.165) is 18.5 Å². The van der Waals surface area contributed by atoms with E-state index in [2.05, 4.69) is 11.9 Å². The predicted octanol–water partition coefficient (Wildman–Crippen LogP) is 2.17. The van der Waals surface area contributed by atoms with Gasteiger partial charge in [-0.3, -0.25) is 0 Å². The summed E-state index contributed by atoms with van der Waals surface area (Å²) in [5, 5.41) is 0. The molecule has 0 amide bonds. The fourth-order valence-corrected chi connectivity index (χ4v) is 3.66. The Labute approximate surface area is 107 Å². The van der Waals surface area contributed by atoms with Gasteiger partial charge in [0.15, 0.2) is 0 Å². The molecule has 96 valence electrons. The number of H-pyrrole nitrogens is 1. The SMILES string of the molecule is CC1CCN(S(=O)(=O)c2c[nH]c(CCl)c2)CC1. The lowest BCUT2D eigenvalue weighted by molar-refractivity contribution is 0.288. The Balaban J connectivity index is 2.18. The Morgan fingerprint density at radius 1 is 1.47 bits per heavy atom. The van der Waals surface area contributed by atoms with E-state index < -0.39 is 10.0 Å². The highest BCUT2D eigenvalue weighted by molar-refractivity contribution is 7.89. The third kappa shape index (κ3) is 2.67. The van der Waals surface area contributed by atoms with Crippen LogP contribution in [0.1, 0.15) is 25.5 Å².